The fourth-order valence-electron chi connectivity index (χ4n) is 1.22. The quantitative estimate of drug-likeness (QED) is 0.626. The molecule has 0 amide bonds. The molecule has 0 N–H and O–H groups in total. The predicted molar refractivity (Wildman–Crippen MR) is 71.3 cm³/mol. The molecule has 0 saturated carbocycles. The maximum Gasteiger partial charge on any atom is 0 e. The van der Waals surface area contributed by atoms with Gasteiger partial charge in [0.25, 0.3) is 0 Å². The average Bonchev–Trinajstić information content (AvgIpc) is 2.53. The molecule has 1 aromatic rings. The second-order valence-corrected chi connectivity index (χ2v) is 4.49. The van der Waals surface area contributed by atoms with Crippen LogP contribution >= 0.6 is 11.8 Å². The summed E-state index contributed by atoms with van der Waals surface area (Å²) in [5.74, 6) is 2.09. The normalized spacial score (nSPS) is 8.45. The van der Waals surface area contributed by atoms with E-state index in [0.29, 0.717) is 5.25 Å². The number of hydrogen-bond donors (Lipinski definition) is 0. The van der Waals surface area contributed by atoms with Gasteiger partial charge in [0.15, 0.2) is 0 Å². The molecule has 1 aromatic carbocycles. The number of thioether (sulfide) groups is 1. The van der Waals surface area contributed by atoms with Gasteiger partial charge in [0, 0.05) is 22.6 Å². The fraction of sp³-hybridized carbons (Fsp3) is 0.357. The third-order valence-corrected chi connectivity index (χ3v) is 3.11. The van der Waals surface area contributed by atoms with Gasteiger partial charge in [-0.1, -0.05) is 19.1 Å². The molecule has 0 aromatic heterocycles. The van der Waals surface area contributed by atoms with E-state index in [1.807, 2.05) is 23.9 Å². The Kier molecular flexibility index (Phi) is 31.9. The fourth-order valence-corrected chi connectivity index (χ4v) is 2.07. The maximum absolute atomic E-state index is 7.50. The molecular formula is C14H16CrO4S. The monoisotopic (exact) mass is 332 g/mol. The van der Waals surface area contributed by atoms with Crippen molar-refractivity contribution in [3.8, 4) is 5.75 Å². The topological polar surface area (TPSA) is 68.9 Å². The molecule has 108 valence electrons. The molecule has 1 atom stereocenters. The molecule has 0 heterocycles. The first-order valence-electron chi connectivity index (χ1n) is 5.14. The van der Waals surface area contributed by atoms with Gasteiger partial charge in [-0.15, -0.1) is 0 Å². The second kappa shape index (κ2) is 23.2. The van der Waals surface area contributed by atoms with Crippen molar-refractivity contribution in [2.75, 3.05) is 12.9 Å². The SMILES string of the molecule is CCS[C@@H](C)c1ccc(OC)cc1.[C-]#[O+].[C-]#[O+].[C-]#[O+].[Cr]. The smallest absolute Gasteiger partial charge is 0 e. The molecule has 0 unspecified atom stereocenters. The van der Waals surface area contributed by atoms with E-state index in [9.17, 15) is 0 Å². The first kappa shape index (κ1) is 27.5. The molecule has 0 spiro atoms. The summed E-state index contributed by atoms with van der Waals surface area (Å²) in [5, 5.41) is 0.580. The minimum absolute atomic E-state index is 0. The zero-order valence-electron chi connectivity index (χ0n) is 11.5. The molecule has 0 aliphatic carbocycles. The summed E-state index contributed by atoms with van der Waals surface area (Å²) < 4.78 is 27.6. The molecule has 0 aliphatic rings. The Morgan fingerprint density at radius 3 is 1.75 bits per heavy atom. The van der Waals surface area contributed by atoms with Gasteiger partial charge in [-0.25, -0.2) is 0 Å². The van der Waals surface area contributed by atoms with Gasteiger partial charge in [0.05, 0.1) is 7.11 Å². The zero-order valence-corrected chi connectivity index (χ0v) is 13.6. The van der Waals surface area contributed by atoms with E-state index in [1.165, 1.54) is 5.56 Å². The Hall–Kier alpha value is -0.878. The van der Waals surface area contributed by atoms with Crippen molar-refractivity contribution < 1.29 is 36.1 Å². The van der Waals surface area contributed by atoms with E-state index in [-0.39, 0.29) is 17.4 Å². The van der Waals surface area contributed by atoms with Crippen LogP contribution in [0.3, 0.4) is 0 Å². The van der Waals surface area contributed by atoms with Gasteiger partial charge in [-0.05, 0) is 30.4 Å². The molecule has 6 heteroatoms. The summed E-state index contributed by atoms with van der Waals surface area (Å²) in [6, 6.07) is 8.29. The summed E-state index contributed by atoms with van der Waals surface area (Å²) in [4.78, 5) is 0. The van der Waals surface area contributed by atoms with Crippen molar-refractivity contribution >= 4 is 11.8 Å². The van der Waals surface area contributed by atoms with Gasteiger partial charge >= 0.3 is 33.9 Å². The maximum atomic E-state index is 7.50. The van der Waals surface area contributed by atoms with Crippen LogP contribution in [0, 0.1) is 20.0 Å². The Morgan fingerprint density at radius 2 is 1.45 bits per heavy atom. The van der Waals surface area contributed by atoms with E-state index in [4.69, 9.17) is 18.7 Å². The summed E-state index contributed by atoms with van der Waals surface area (Å²) in [5.41, 5.74) is 1.37. The van der Waals surface area contributed by atoms with Crippen LogP contribution < -0.4 is 4.74 Å². The largest absolute Gasteiger partial charge is 0 e. The second-order valence-electron chi connectivity index (χ2n) is 2.87. The molecule has 0 aliphatic heterocycles. The van der Waals surface area contributed by atoms with E-state index in [1.54, 1.807) is 7.11 Å². The average molecular weight is 332 g/mol. The Labute approximate surface area is 135 Å². The van der Waals surface area contributed by atoms with E-state index in [0.717, 1.165) is 11.5 Å². The zero-order chi connectivity index (χ0) is 15.7. The van der Waals surface area contributed by atoms with Gasteiger partial charge in [0.1, 0.15) is 5.75 Å². The van der Waals surface area contributed by atoms with Crippen LogP contribution in [0.1, 0.15) is 24.7 Å². The van der Waals surface area contributed by atoms with Crippen LogP contribution in [-0.4, -0.2) is 12.9 Å². The number of hydrogen-bond acceptors (Lipinski definition) is 2. The summed E-state index contributed by atoms with van der Waals surface area (Å²) in [6.45, 7) is 17.9. The molecule has 0 radical (unpaired) electrons. The standard InChI is InChI=1S/C11H16OS.3CO.Cr/c1-4-13-9(2)10-5-7-11(12-3)8-6-10;3*1-2;/h5-9H,4H2,1-3H3;;;;/t9-;;;;/m0..../s1. The minimum Gasteiger partial charge on any atom is 0 e. The van der Waals surface area contributed by atoms with Crippen LogP contribution in [0.2, 0.25) is 0 Å². The van der Waals surface area contributed by atoms with Crippen LogP contribution in [0.4, 0.5) is 0 Å². The Balaban J connectivity index is -0.000000162. The summed E-state index contributed by atoms with van der Waals surface area (Å²) >= 11 is 1.96. The van der Waals surface area contributed by atoms with Crippen molar-refractivity contribution in [1.29, 1.82) is 0 Å². The molecule has 1 rings (SSSR count). The van der Waals surface area contributed by atoms with E-state index >= 15 is 0 Å². The molecule has 0 fully saturated rings. The molecule has 20 heavy (non-hydrogen) atoms. The van der Waals surface area contributed by atoms with Crippen LogP contribution in [-0.2, 0) is 31.3 Å². The van der Waals surface area contributed by atoms with Gasteiger partial charge < -0.3 is 4.74 Å². The number of rotatable bonds is 4. The minimum atomic E-state index is 0. The third kappa shape index (κ3) is 13.6. The molecule has 0 saturated heterocycles. The Bertz CT molecular complexity index is 345. The molecular weight excluding hydrogens is 316 g/mol. The van der Waals surface area contributed by atoms with Crippen molar-refractivity contribution in [3.63, 3.8) is 0 Å². The van der Waals surface area contributed by atoms with Crippen molar-refractivity contribution in [2.24, 2.45) is 0 Å². The Morgan fingerprint density at radius 1 is 1.05 bits per heavy atom. The van der Waals surface area contributed by atoms with Crippen molar-refractivity contribution in [2.45, 2.75) is 19.1 Å². The molecule has 4 nitrogen and oxygen atoms in total. The number of methoxy groups -OCH3 is 1. The first-order chi connectivity index (χ1) is 9.27. The van der Waals surface area contributed by atoms with Gasteiger partial charge in [-0.2, -0.15) is 11.8 Å². The summed E-state index contributed by atoms with van der Waals surface area (Å²) in [6.07, 6.45) is 0. The van der Waals surface area contributed by atoms with Crippen LogP contribution in [0.5, 0.6) is 5.75 Å². The van der Waals surface area contributed by atoms with E-state index in [2.05, 4.69) is 45.9 Å². The van der Waals surface area contributed by atoms with Crippen molar-refractivity contribution in [3.05, 3.63) is 49.8 Å². The van der Waals surface area contributed by atoms with Gasteiger partial charge in [-0.3, -0.25) is 0 Å². The van der Waals surface area contributed by atoms with Crippen LogP contribution in [0.15, 0.2) is 24.3 Å². The third-order valence-electron chi connectivity index (χ3n) is 2.00. The first-order valence-corrected chi connectivity index (χ1v) is 6.19. The predicted octanol–water partition coefficient (Wildman–Crippen LogP) is 3.39. The van der Waals surface area contributed by atoms with Crippen molar-refractivity contribution in [1.82, 2.24) is 0 Å². The van der Waals surface area contributed by atoms with E-state index < -0.39 is 0 Å². The number of ether oxygens (including phenoxy) is 1. The number of benzene rings is 1. The van der Waals surface area contributed by atoms with Crippen LogP contribution in [0.25, 0.3) is 0 Å². The summed E-state index contributed by atoms with van der Waals surface area (Å²) in [7, 11) is 1.69. The van der Waals surface area contributed by atoms with Gasteiger partial charge in [0.2, 0.25) is 0 Å². The molecule has 0 bridgehead atoms.